The second-order valence-electron chi connectivity index (χ2n) is 3.00. The largest absolute Gasteiger partial charge is 0.257 e. The van der Waals surface area contributed by atoms with E-state index in [0.29, 0.717) is 0 Å². The Morgan fingerprint density at radius 2 is 1.53 bits per heavy atom. The van der Waals surface area contributed by atoms with E-state index in [1.165, 1.54) is 5.56 Å². The van der Waals surface area contributed by atoms with E-state index < -0.39 is 0 Å². The van der Waals surface area contributed by atoms with Gasteiger partial charge in [0.05, 0.1) is 5.69 Å². The van der Waals surface area contributed by atoms with Gasteiger partial charge in [-0.3, -0.25) is 4.98 Å². The van der Waals surface area contributed by atoms with E-state index in [9.17, 15) is 0 Å². The van der Waals surface area contributed by atoms with Crippen LogP contribution in [-0.2, 0) is 0 Å². The molecule has 1 nitrogen and oxygen atoms in total. The van der Waals surface area contributed by atoms with Gasteiger partial charge in [-0.05, 0) is 23.8 Å². The maximum atomic E-state index is 4.21. The van der Waals surface area contributed by atoms with Gasteiger partial charge in [0.25, 0.3) is 0 Å². The Kier molecular flexibility index (Phi) is 4.58. The lowest BCUT2D eigenvalue weighted by Crippen LogP contribution is -1.76. The van der Waals surface area contributed by atoms with E-state index in [-0.39, 0.29) is 12.4 Å². The first kappa shape index (κ1) is 11.5. The Labute approximate surface area is 95.9 Å². The third kappa shape index (κ3) is 3.56. The van der Waals surface area contributed by atoms with Gasteiger partial charge in [0.15, 0.2) is 0 Å². The topological polar surface area (TPSA) is 12.9 Å². The summed E-state index contributed by atoms with van der Waals surface area (Å²) < 4.78 is 0. The van der Waals surface area contributed by atoms with Crippen LogP contribution in [0.15, 0.2) is 54.7 Å². The van der Waals surface area contributed by atoms with E-state index in [1.807, 2.05) is 42.5 Å². The molecule has 0 bridgehead atoms. The van der Waals surface area contributed by atoms with Crippen molar-refractivity contribution >= 4 is 24.6 Å². The smallest absolute Gasteiger partial charge is 0.0629 e. The first-order valence-electron chi connectivity index (χ1n) is 4.59. The molecule has 76 valence electrons. The van der Waals surface area contributed by atoms with Gasteiger partial charge >= 0.3 is 0 Å². The first-order chi connectivity index (χ1) is 6.95. The highest BCUT2D eigenvalue weighted by molar-refractivity contribution is 5.85. The summed E-state index contributed by atoms with van der Waals surface area (Å²) in [4.78, 5) is 4.21. The Hall–Kier alpha value is -1.60. The molecule has 0 saturated heterocycles. The molecule has 0 saturated carbocycles. The number of hydrogen-bond donors (Lipinski definition) is 0. The third-order valence-corrected chi connectivity index (χ3v) is 1.93. The molecular formula is C13H12ClN. The standard InChI is InChI=1S/C13H11N.ClH/c1-2-6-12(7-3-1)9-10-13-8-4-5-11-14-13;/h1-11H;1H/b10-9+;. The van der Waals surface area contributed by atoms with Crippen LogP contribution in [0.2, 0.25) is 0 Å². The van der Waals surface area contributed by atoms with Crippen LogP contribution in [0.25, 0.3) is 12.2 Å². The lowest BCUT2D eigenvalue weighted by atomic mass is 10.2. The first-order valence-corrected chi connectivity index (χ1v) is 4.59. The summed E-state index contributed by atoms with van der Waals surface area (Å²) in [6.45, 7) is 0. The maximum absolute atomic E-state index is 4.21. The molecule has 15 heavy (non-hydrogen) atoms. The lowest BCUT2D eigenvalue weighted by Gasteiger charge is -1.92. The Bertz CT molecular complexity index is 368. The zero-order chi connectivity index (χ0) is 9.64. The number of aromatic nitrogens is 1. The highest BCUT2D eigenvalue weighted by atomic mass is 35.5. The van der Waals surface area contributed by atoms with Crippen molar-refractivity contribution in [3.8, 4) is 0 Å². The summed E-state index contributed by atoms with van der Waals surface area (Å²) in [5, 5.41) is 0. The molecule has 0 amide bonds. The molecule has 0 aliphatic rings. The number of benzene rings is 1. The fourth-order valence-corrected chi connectivity index (χ4v) is 1.22. The van der Waals surface area contributed by atoms with Crippen molar-refractivity contribution in [1.82, 2.24) is 4.98 Å². The van der Waals surface area contributed by atoms with E-state index >= 15 is 0 Å². The molecule has 1 aromatic heterocycles. The van der Waals surface area contributed by atoms with Gasteiger partial charge < -0.3 is 0 Å². The van der Waals surface area contributed by atoms with Crippen LogP contribution in [0.1, 0.15) is 11.3 Å². The van der Waals surface area contributed by atoms with E-state index in [1.54, 1.807) is 6.20 Å². The van der Waals surface area contributed by atoms with Crippen LogP contribution in [0.5, 0.6) is 0 Å². The van der Waals surface area contributed by atoms with Crippen LogP contribution in [0.4, 0.5) is 0 Å². The summed E-state index contributed by atoms with van der Waals surface area (Å²) in [6.07, 6.45) is 5.86. The van der Waals surface area contributed by atoms with Crippen LogP contribution in [0, 0.1) is 0 Å². The van der Waals surface area contributed by atoms with Crippen molar-refractivity contribution in [3.05, 3.63) is 66.0 Å². The van der Waals surface area contributed by atoms with Crippen LogP contribution in [-0.4, -0.2) is 4.98 Å². The highest BCUT2D eigenvalue weighted by Gasteiger charge is 1.85. The minimum atomic E-state index is 0. The fourth-order valence-electron chi connectivity index (χ4n) is 1.22. The molecule has 0 fully saturated rings. The molecule has 0 atom stereocenters. The summed E-state index contributed by atoms with van der Waals surface area (Å²) in [5.74, 6) is 0. The number of rotatable bonds is 2. The molecule has 0 N–H and O–H groups in total. The molecule has 0 unspecified atom stereocenters. The average molecular weight is 218 g/mol. The molecule has 2 aromatic rings. The normalized spacial score (nSPS) is 9.87. The van der Waals surface area contributed by atoms with Crippen molar-refractivity contribution in [3.63, 3.8) is 0 Å². The number of hydrogen-bond acceptors (Lipinski definition) is 1. The maximum Gasteiger partial charge on any atom is 0.0629 e. The number of nitrogens with zero attached hydrogens (tertiary/aromatic N) is 1. The molecule has 2 heteroatoms. The Balaban J connectivity index is 0.00000112. The van der Waals surface area contributed by atoms with Crippen molar-refractivity contribution in [2.45, 2.75) is 0 Å². The summed E-state index contributed by atoms with van der Waals surface area (Å²) >= 11 is 0. The van der Waals surface area contributed by atoms with Crippen molar-refractivity contribution in [2.75, 3.05) is 0 Å². The summed E-state index contributed by atoms with van der Waals surface area (Å²) in [6, 6.07) is 16.1. The van der Waals surface area contributed by atoms with Gasteiger partial charge in [0.1, 0.15) is 0 Å². The van der Waals surface area contributed by atoms with Crippen molar-refractivity contribution < 1.29 is 0 Å². The second-order valence-corrected chi connectivity index (χ2v) is 3.00. The fraction of sp³-hybridized carbons (Fsp3) is 0. The van der Waals surface area contributed by atoms with Gasteiger partial charge in [-0.25, -0.2) is 0 Å². The van der Waals surface area contributed by atoms with Gasteiger partial charge in [-0.1, -0.05) is 42.5 Å². The lowest BCUT2D eigenvalue weighted by molar-refractivity contribution is 1.30. The minimum absolute atomic E-state index is 0. The number of pyridine rings is 1. The summed E-state index contributed by atoms with van der Waals surface area (Å²) in [5.41, 5.74) is 2.18. The zero-order valence-electron chi connectivity index (χ0n) is 8.21. The molecule has 1 heterocycles. The van der Waals surface area contributed by atoms with Crippen LogP contribution in [0.3, 0.4) is 0 Å². The summed E-state index contributed by atoms with van der Waals surface area (Å²) in [7, 11) is 0. The molecule has 2 rings (SSSR count). The van der Waals surface area contributed by atoms with Gasteiger partial charge in [0, 0.05) is 6.20 Å². The Morgan fingerprint density at radius 1 is 0.800 bits per heavy atom. The van der Waals surface area contributed by atoms with Gasteiger partial charge in [0.2, 0.25) is 0 Å². The molecule has 1 aromatic carbocycles. The number of halogens is 1. The predicted molar refractivity (Wildman–Crippen MR) is 66.9 cm³/mol. The third-order valence-electron chi connectivity index (χ3n) is 1.93. The van der Waals surface area contributed by atoms with Crippen LogP contribution < -0.4 is 0 Å². The quantitative estimate of drug-likeness (QED) is 0.748. The predicted octanol–water partition coefficient (Wildman–Crippen LogP) is 3.67. The molecule has 0 aliphatic carbocycles. The zero-order valence-corrected chi connectivity index (χ0v) is 9.02. The van der Waals surface area contributed by atoms with Gasteiger partial charge in [-0.2, -0.15) is 0 Å². The van der Waals surface area contributed by atoms with E-state index in [0.717, 1.165) is 5.69 Å². The van der Waals surface area contributed by atoms with Crippen molar-refractivity contribution in [1.29, 1.82) is 0 Å². The Morgan fingerprint density at radius 3 is 2.20 bits per heavy atom. The molecular weight excluding hydrogens is 206 g/mol. The highest BCUT2D eigenvalue weighted by Crippen LogP contribution is 2.04. The minimum Gasteiger partial charge on any atom is -0.257 e. The average Bonchev–Trinajstić information content (AvgIpc) is 2.29. The van der Waals surface area contributed by atoms with E-state index in [4.69, 9.17) is 0 Å². The monoisotopic (exact) mass is 217 g/mol. The second kappa shape index (κ2) is 5.99. The van der Waals surface area contributed by atoms with Gasteiger partial charge in [-0.15, -0.1) is 12.4 Å². The van der Waals surface area contributed by atoms with E-state index in [2.05, 4.69) is 23.2 Å². The molecule has 0 spiro atoms. The SMILES string of the molecule is C(=C\c1ccccn1)/c1ccccc1.Cl. The van der Waals surface area contributed by atoms with Crippen molar-refractivity contribution in [2.24, 2.45) is 0 Å². The molecule has 0 aliphatic heterocycles. The molecule has 0 radical (unpaired) electrons. The van der Waals surface area contributed by atoms with Crippen LogP contribution >= 0.6 is 12.4 Å².